The van der Waals surface area contributed by atoms with Crippen molar-refractivity contribution in [3.8, 4) is 0 Å². The monoisotopic (exact) mass is 444 g/mol. The average molecular weight is 445 g/mol. The van der Waals surface area contributed by atoms with Gasteiger partial charge in [0.15, 0.2) is 5.76 Å². The van der Waals surface area contributed by atoms with Crippen LogP contribution >= 0.6 is 0 Å². The first-order valence-electron chi connectivity index (χ1n) is 11.9. The summed E-state index contributed by atoms with van der Waals surface area (Å²) in [4.78, 5) is 17.5. The van der Waals surface area contributed by atoms with Crippen LogP contribution in [0.5, 0.6) is 0 Å². The summed E-state index contributed by atoms with van der Waals surface area (Å²) in [7, 11) is 0. The summed E-state index contributed by atoms with van der Waals surface area (Å²) in [5.74, 6) is 1.29. The lowest BCUT2D eigenvalue weighted by atomic mass is 9.88. The van der Waals surface area contributed by atoms with Gasteiger partial charge in [0.05, 0.1) is 0 Å². The highest BCUT2D eigenvalue weighted by molar-refractivity contribution is 5.91. The topological polar surface area (TPSA) is 36.7 Å². The summed E-state index contributed by atoms with van der Waals surface area (Å²) in [5, 5.41) is 0. The maximum Gasteiger partial charge on any atom is 0.289 e. The van der Waals surface area contributed by atoms with E-state index in [9.17, 15) is 4.79 Å². The Morgan fingerprint density at radius 3 is 1.88 bits per heavy atom. The predicted molar refractivity (Wildman–Crippen MR) is 136 cm³/mol. The van der Waals surface area contributed by atoms with Gasteiger partial charge in [-0.05, 0) is 105 Å². The lowest BCUT2D eigenvalue weighted by molar-refractivity contribution is 0.0713. The third-order valence-electron chi connectivity index (χ3n) is 7.70. The molecule has 0 bridgehead atoms. The van der Waals surface area contributed by atoms with Gasteiger partial charge in [-0.3, -0.25) is 4.79 Å². The standard InChI is InChI=1S/C29H36N2O2/c1-18-9-8-10-19(2)28(18)30-13-15-31(16-14-30)29(32)27-12-11-25(33-27)17-26-23(6)21(4)20(3)22(5)24(26)7/h8-12H,13-17H2,1-7H3. The molecular formula is C29H36N2O2. The number of hydrogen-bond donors (Lipinski definition) is 0. The molecule has 0 atom stereocenters. The molecule has 3 aromatic rings. The van der Waals surface area contributed by atoms with E-state index in [1.54, 1.807) is 0 Å². The van der Waals surface area contributed by atoms with Crippen LogP contribution in [0.1, 0.15) is 60.8 Å². The smallest absolute Gasteiger partial charge is 0.289 e. The van der Waals surface area contributed by atoms with Crippen LogP contribution in [0.4, 0.5) is 5.69 Å². The molecule has 0 radical (unpaired) electrons. The van der Waals surface area contributed by atoms with Gasteiger partial charge in [0, 0.05) is 38.3 Å². The van der Waals surface area contributed by atoms with Crippen molar-refractivity contribution in [3.05, 3.63) is 86.4 Å². The molecule has 0 unspecified atom stereocenters. The third kappa shape index (κ3) is 4.31. The fourth-order valence-electron chi connectivity index (χ4n) is 5.20. The van der Waals surface area contributed by atoms with Crippen molar-refractivity contribution in [2.24, 2.45) is 0 Å². The Kier molecular flexibility index (Phi) is 6.38. The molecule has 1 amide bonds. The summed E-state index contributed by atoms with van der Waals surface area (Å²) < 4.78 is 6.07. The highest BCUT2D eigenvalue weighted by Crippen LogP contribution is 2.29. The molecule has 1 aliphatic heterocycles. The SMILES string of the molecule is Cc1cccc(C)c1N1CCN(C(=O)c2ccc(Cc3c(C)c(C)c(C)c(C)c3C)o2)CC1. The quantitative estimate of drug-likeness (QED) is 0.496. The number of rotatable bonds is 4. The van der Waals surface area contributed by atoms with Gasteiger partial charge in [-0.15, -0.1) is 0 Å². The number of carbonyl (C=O) groups is 1. The van der Waals surface area contributed by atoms with E-state index in [0.29, 0.717) is 25.3 Å². The van der Waals surface area contributed by atoms with Crippen molar-refractivity contribution >= 4 is 11.6 Å². The maximum absolute atomic E-state index is 13.1. The molecule has 1 aromatic heterocycles. The van der Waals surface area contributed by atoms with E-state index in [1.807, 2.05) is 17.0 Å². The molecule has 0 spiro atoms. The maximum atomic E-state index is 13.1. The van der Waals surface area contributed by atoms with Crippen LogP contribution in [-0.2, 0) is 6.42 Å². The molecule has 1 aliphatic rings. The molecule has 1 fully saturated rings. The number of nitrogens with zero attached hydrogens (tertiary/aromatic N) is 2. The highest BCUT2D eigenvalue weighted by atomic mass is 16.4. The first-order valence-corrected chi connectivity index (χ1v) is 11.9. The molecule has 33 heavy (non-hydrogen) atoms. The molecule has 0 saturated carbocycles. The van der Waals surface area contributed by atoms with E-state index in [1.165, 1.54) is 50.2 Å². The molecular weight excluding hydrogens is 408 g/mol. The Morgan fingerprint density at radius 2 is 1.30 bits per heavy atom. The molecule has 0 aliphatic carbocycles. The molecule has 174 valence electrons. The van der Waals surface area contributed by atoms with Gasteiger partial charge in [0.2, 0.25) is 0 Å². The zero-order valence-corrected chi connectivity index (χ0v) is 21.1. The summed E-state index contributed by atoms with van der Waals surface area (Å²) >= 11 is 0. The zero-order chi connectivity index (χ0) is 23.9. The van der Waals surface area contributed by atoms with E-state index in [-0.39, 0.29) is 5.91 Å². The van der Waals surface area contributed by atoms with Crippen LogP contribution in [0, 0.1) is 48.5 Å². The second-order valence-electron chi connectivity index (χ2n) is 9.57. The number of benzene rings is 2. The minimum absolute atomic E-state index is 0.00730. The van der Waals surface area contributed by atoms with Gasteiger partial charge >= 0.3 is 0 Å². The number of aryl methyl sites for hydroxylation is 2. The molecule has 2 aromatic carbocycles. The van der Waals surface area contributed by atoms with E-state index in [0.717, 1.165) is 18.8 Å². The second kappa shape index (κ2) is 9.09. The fraction of sp³-hybridized carbons (Fsp3) is 0.414. The van der Waals surface area contributed by atoms with Gasteiger partial charge in [0.1, 0.15) is 5.76 Å². The molecule has 0 N–H and O–H groups in total. The number of anilines is 1. The normalized spacial score (nSPS) is 14.2. The molecule has 4 heteroatoms. The minimum Gasteiger partial charge on any atom is -0.456 e. The van der Waals surface area contributed by atoms with Crippen LogP contribution in [0.3, 0.4) is 0 Å². The van der Waals surface area contributed by atoms with Crippen molar-refractivity contribution < 1.29 is 9.21 Å². The number of hydrogen-bond acceptors (Lipinski definition) is 3. The van der Waals surface area contributed by atoms with Gasteiger partial charge in [-0.1, -0.05) is 18.2 Å². The molecule has 2 heterocycles. The summed E-state index contributed by atoms with van der Waals surface area (Å²) in [6.45, 7) is 18.4. The van der Waals surface area contributed by atoms with Gasteiger partial charge in [-0.2, -0.15) is 0 Å². The lowest BCUT2D eigenvalue weighted by Crippen LogP contribution is -2.49. The van der Waals surface area contributed by atoms with Crippen molar-refractivity contribution in [2.75, 3.05) is 31.1 Å². The van der Waals surface area contributed by atoms with Crippen molar-refractivity contribution in [2.45, 2.75) is 54.9 Å². The zero-order valence-electron chi connectivity index (χ0n) is 21.1. The largest absolute Gasteiger partial charge is 0.456 e. The van der Waals surface area contributed by atoms with Crippen LogP contribution in [0.15, 0.2) is 34.7 Å². The lowest BCUT2D eigenvalue weighted by Gasteiger charge is -2.37. The number of amides is 1. The Balaban J connectivity index is 1.46. The fourth-order valence-corrected chi connectivity index (χ4v) is 5.20. The summed E-state index contributed by atoms with van der Waals surface area (Å²) in [6.07, 6.45) is 0.716. The first kappa shape index (κ1) is 23.2. The van der Waals surface area contributed by atoms with Crippen LogP contribution in [0.2, 0.25) is 0 Å². The van der Waals surface area contributed by atoms with E-state index in [2.05, 4.69) is 71.6 Å². The number of furan rings is 1. The average Bonchev–Trinajstić information content (AvgIpc) is 3.28. The first-order chi connectivity index (χ1) is 15.7. The number of carbonyl (C=O) groups excluding carboxylic acids is 1. The van der Waals surface area contributed by atoms with E-state index in [4.69, 9.17) is 4.42 Å². The Morgan fingerprint density at radius 1 is 0.758 bits per heavy atom. The molecule has 1 saturated heterocycles. The van der Waals surface area contributed by atoms with Gasteiger partial charge in [0.25, 0.3) is 5.91 Å². The molecule has 4 rings (SSSR count). The summed E-state index contributed by atoms with van der Waals surface area (Å²) in [5.41, 5.74) is 11.9. The van der Waals surface area contributed by atoms with E-state index >= 15 is 0 Å². The Hall–Kier alpha value is -3.01. The highest BCUT2D eigenvalue weighted by Gasteiger charge is 2.26. The Labute approximate surface area is 198 Å². The summed E-state index contributed by atoms with van der Waals surface area (Å²) in [6, 6.07) is 10.2. The Bertz CT molecular complexity index is 1150. The second-order valence-corrected chi connectivity index (χ2v) is 9.57. The van der Waals surface area contributed by atoms with Crippen LogP contribution < -0.4 is 4.90 Å². The van der Waals surface area contributed by atoms with Gasteiger partial charge < -0.3 is 14.2 Å². The minimum atomic E-state index is -0.00730. The predicted octanol–water partition coefficient (Wildman–Crippen LogP) is 5.99. The van der Waals surface area contributed by atoms with Crippen LogP contribution in [-0.4, -0.2) is 37.0 Å². The van der Waals surface area contributed by atoms with Crippen LogP contribution in [0.25, 0.3) is 0 Å². The van der Waals surface area contributed by atoms with E-state index < -0.39 is 0 Å². The van der Waals surface area contributed by atoms with Gasteiger partial charge in [-0.25, -0.2) is 0 Å². The van der Waals surface area contributed by atoms with Crippen molar-refractivity contribution in [1.82, 2.24) is 4.90 Å². The van der Waals surface area contributed by atoms with Crippen molar-refractivity contribution in [1.29, 1.82) is 0 Å². The molecule has 4 nitrogen and oxygen atoms in total. The van der Waals surface area contributed by atoms with Crippen molar-refractivity contribution in [3.63, 3.8) is 0 Å². The third-order valence-corrected chi connectivity index (χ3v) is 7.70. The number of piperazine rings is 1. The number of para-hydroxylation sites is 1.